The lowest BCUT2D eigenvalue weighted by Gasteiger charge is -2.17. The molecule has 0 radical (unpaired) electrons. The molecular weight excluding hydrogens is 168 g/mol. The third-order valence-electron chi connectivity index (χ3n) is 1.98. The van der Waals surface area contributed by atoms with E-state index in [1.165, 1.54) is 7.11 Å². The van der Waals surface area contributed by atoms with Crippen molar-refractivity contribution in [1.82, 2.24) is 0 Å². The van der Waals surface area contributed by atoms with Crippen LogP contribution in [0.4, 0.5) is 0 Å². The first-order chi connectivity index (χ1) is 5.79. The molecule has 0 saturated heterocycles. The molecule has 0 aliphatic rings. The van der Waals surface area contributed by atoms with E-state index < -0.39 is 11.5 Å². The fourth-order valence-corrected chi connectivity index (χ4v) is 0.699. The Kier molecular flexibility index (Phi) is 4.27. The number of Topliss-reactive ketones (excluding diaryl/α,β-unsaturated/α-hetero) is 2. The number of hydrogen-bond donors (Lipinski definition) is 0. The van der Waals surface area contributed by atoms with E-state index >= 15 is 0 Å². The standard InChI is InChI=1S/C10H18O3/c1-7(13-5)8(11)6-9(12)10(2,3)4/h7H,6H2,1-5H3. The average Bonchev–Trinajstić information content (AvgIpc) is 2.01. The highest BCUT2D eigenvalue weighted by Crippen LogP contribution is 2.17. The molecule has 0 aromatic rings. The van der Waals surface area contributed by atoms with Gasteiger partial charge in [0.2, 0.25) is 0 Å². The van der Waals surface area contributed by atoms with E-state index in [-0.39, 0.29) is 18.0 Å². The quantitative estimate of drug-likeness (QED) is 0.626. The summed E-state index contributed by atoms with van der Waals surface area (Å²) >= 11 is 0. The van der Waals surface area contributed by atoms with Crippen molar-refractivity contribution in [2.75, 3.05) is 7.11 Å². The zero-order chi connectivity index (χ0) is 10.6. The number of carbonyl (C=O) groups excluding carboxylic acids is 2. The Balaban J connectivity index is 4.16. The molecule has 0 aromatic heterocycles. The van der Waals surface area contributed by atoms with E-state index in [1.54, 1.807) is 27.7 Å². The second kappa shape index (κ2) is 4.51. The maximum Gasteiger partial charge on any atom is 0.168 e. The maximum atomic E-state index is 11.4. The van der Waals surface area contributed by atoms with Gasteiger partial charge in [-0.05, 0) is 6.92 Å². The minimum atomic E-state index is -0.480. The molecule has 3 nitrogen and oxygen atoms in total. The smallest absolute Gasteiger partial charge is 0.168 e. The molecule has 1 atom stereocenters. The van der Waals surface area contributed by atoms with Gasteiger partial charge in [-0.15, -0.1) is 0 Å². The van der Waals surface area contributed by atoms with Crippen LogP contribution in [0.3, 0.4) is 0 Å². The van der Waals surface area contributed by atoms with Gasteiger partial charge in [0, 0.05) is 12.5 Å². The highest BCUT2D eigenvalue weighted by molar-refractivity contribution is 6.02. The van der Waals surface area contributed by atoms with Gasteiger partial charge in [0.1, 0.15) is 11.9 Å². The summed E-state index contributed by atoms with van der Waals surface area (Å²) in [5, 5.41) is 0. The molecule has 0 aliphatic heterocycles. The highest BCUT2D eigenvalue weighted by Gasteiger charge is 2.25. The molecule has 0 spiro atoms. The number of hydrogen-bond acceptors (Lipinski definition) is 3. The summed E-state index contributed by atoms with van der Waals surface area (Å²) in [6.07, 6.45) is -0.510. The van der Waals surface area contributed by atoms with E-state index in [4.69, 9.17) is 4.74 Å². The molecule has 13 heavy (non-hydrogen) atoms. The zero-order valence-electron chi connectivity index (χ0n) is 9.01. The van der Waals surface area contributed by atoms with Crippen molar-refractivity contribution in [3.05, 3.63) is 0 Å². The summed E-state index contributed by atoms with van der Waals surface area (Å²) in [5.74, 6) is -0.191. The van der Waals surface area contributed by atoms with Crippen molar-refractivity contribution < 1.29 is 14.3 Å². The molecule has 3 heteroatoms. The van der Waals surface area contributed by atoms with E-state index in [9.17, 15) is 9.59 Å². The number of methoxy groups -OCH3 is 1. The third-order valence-corrected chi connectivity index (χ3v) is 1.98. The molecule has 0 rings (SSSR count). The fraction of sp³-hybridized carbons (Fsp3) is 0.800. The van der Waals surface area contributed by atoms with Gasteiger partial charge in [-0.3, -0.25) is 9.59 Å². The predicted octanol–water partition coefficient (Wildman–Crippen LogP) is 1.60. The molecule has 76 valence electrons. The lowest BCUT2D eigenvalue weighted by molar-refractivity contribution is -0.136. The van der Waals surface area contributed by atoms with E-state index in [2.05, 4.69) is 0 Å². The van der Waals surface area contributed by atoms with Gasteiger partial charge >= 0.3 is 0 Å². The first-order valence-corrected chi connectivity index (χ1v) is 4.38. The molecule has 0 bridgehead atoms. The van der Waals surface area contributed by atoms with Crippen LogP contribution in [0.5, 0.6) is 0 Å². The molecule has 1 unspecified atom stereocenters. The van der Waals surface area contributed by atoms with Crippen LogP contribution in [0.1, 0.15) is 34.1 Å². The van der Waals surface area contributed by atoms with E-state index in [0.29, 0.717) is 0 Å². The zero-order valence-corrected chi connectivity index (χ0v) is 9.01. The highest BCUT2D eigenvalue weighted by atomic mass is 16.5. The minimum absolute atomic E-state index is 0.0293. The Morgan fingerprint density at radius 2 is 1.77 bits per heavy atom. The van der Waals surface area contributed by atoms with Crippen molar-refractivity contribution in [2.45, 2.75) is 40.2 Å². The first-order valence-electron chi connectivity index (χ1n) is 4.38. The molecule has 0 saturated carbocycles. The molecular formula is C10H18O3. The summed E-state index contributed by atoms with van der Waals surface area (Å²) in [7, 11) is 1.46. The summed E-state index contributed by atoms with van der Waals surface area (Å²) in [6, 6.07) is 0. The van der Waals surface area contributed by atoms with Gasteiger partial charge in [-0.2, -0.15) is 0 Å². The van der Waals surface area contributed by atoms with E-state index in [0.717, 1.165) is 0 Å². The van der Waals surface area contributed by atoms with Gasteiger partial charge < -0.3 is 4.74 Å². The molecule has 0 aliphatic carbocycles. The second-order valence-electron chi connectivity index (χ2n) is 4.19. The van der Waals surface area contributed by atoms with Crippen LogP contribution in [0.15, 0.2) is 0 Å². The Morgan fingerprint density at radius 1 is 1.31 bits per heavy atom. The van der Waals surface area contributed by atoms with Crippen LogP contribution in [0.2, 0.25) is 0 Å². The van der Waals surface area contributed by atoms with Crippen molar-refractivity contribution in [3.8, 4) is 0 Å². The van der Waals surface area contributed by atoms with Gasteiger partial charge in [-0.25, -0.2) is 0 Å². The van der Waals surface area contributed by atoms with Crippen LogP contribution < -0.4 is 0 Å². The Morgan fingerprint density at radius 3 is 2.08 bits per heavy atom. The second-order valence-corrected chi connectivity index (χ2v) is 4.19. The number of ketones is 2. The van der Waals surface area contributed by atoms with Crippen LogP contribution in [-0.4, -0.2) is 24.8 Å². The molecule has 0 aromatic carbocycles. The average molecular weight is 186 g/mol. The van der Waals surface area contributed by atoms with Gasteiger partial charge in [0.25, 0.3) is 0 Å². The van der Waals surface area contributed by atoms with Gasteiger partial charge in [0.05, 0.1) is 6.42 Å². The first kappa shape index (κ1) is 12.3. The number of rotatable bonds is 4. The SMILES string of the molecule is COC(C)C(=O)CC(=O)C(C)(C)C. The minimum Gasteiger partial charge on any atom is -0.374 e. The normalized spacial score (nSPS) is 13.9. The Labute approximate surface area is 79.5 Å². The van der Waals surface area contributed by atoms with Crippen LogP contribution in [0.25, 0.3) is 0 Å². The van der Waals surface area contributed by atoms with Gasteiger partial charge in [0.15, 0.2) is 5.78 Å². The predicted molar refractivity (Wildman–Crippen MR) is 50.6 cm³/mol. The summed E-state index contributed by atoms with van der Waals surface area (Å²) < 4.78 is 4.82. The van der Waals surface area contributed by atoms with Crippen LogP contribution in [-0.2, 0) is 14.3 Å². The lowest BCUT2D eigenvalue weighted by Crippen LogP contribution is -2.28. The van der Waals surface area contributed by atoms with Crippen molar-refractivity contribution in [3.63, 3.8) is 0 Å². The summed E-state index contributed by atoms with van der Waals surface area (Å²) in [5.41, 5.74) is -0.441. The number of ether oxygens (including phenoxy) is 1. The van der Waals surface area contributed by atoms with Crippen LogP contribution >= 0.6 is 0 Å². The fourth-order valence-electron chi connectivity index (χ4n) is 0.699. The largest absolute Gasteiger partial charge is 0.374 e. The van der Waals surface area contributed by atoms with Gasteiger partial charge in [-0.1, -0.05) is 20.8 Å². The molecule has 0 fully saturated rings. The molecule has 0 N–H and O–H groups in total. The monoisotopic (exact) mass is 186 g/mol. The maximum absolute atomic E-state index is 11.4. The van der Waals surface area contributed by atoms with Crippen molar-refractivity contribution in [2.24, 2.45) is 5.41 Å². The topological polar surface area (TPSA) is 43.4 Å². The van der Waals surface area contributed by atoms with E-state index in [1.807, 2.05) is 0 Å². The third kappa shape index (κ3) is 4.18. The lowest BCUT2D eigenvalue weighted by atomic mass is 9.87. The molecule has 0 heterocycles. The van der Waals surface area contributed by atoms with Crippen molar-refractivity contribution >= 4 is 11.6 Å². The Bertz CT molecular complexity index is 201. The van der Waals surface area contributed by atoms with Crippen molar-refractivity contribution in [1.29, 1.82) is 0 Å². The molecule has 0 amide bonds. The Hall–Kier alpha value is -0.700. The summed E-state index contributed by atoms with van der Waals surface area (Å²) in [4.78, 5) is 22.7. The summed E-state index contributed by atoms with van der Waals surface area (Å²) in [6.45, 7) is 7.07. The van der Waals surface area contributed by atoms with Crippen LogP contribution in [0, 0.1) is 5.41 Å². The number of carbonyl (C=O) groups is 2.